The topological polar surface area (TPSA) is 94.8 Å². The molecule has 174 valence electrons. The molecule has 9 heteroatoms. The molecule has 0 unspecified atom stereocenters. The van der Waals surface area contributed by atoms with Gasteiger partial charge in [0.1, 0.15) is 16.3 Å². The number of carbonyl (C=O) groups excluding carboxylic acids is 1. The van der Waals surface area contributed by atoms with Crippen LogP contribution in [0, 0.1) is 0 Å². The molecule has 1 amide bonds. The van der Waals surface area contributed by atoms with Crippen LogP contribution < -0.4 is 15.1 Å². The van der Waals surface area contributed by atoms with Crippen molar-refractivity contribution in [1.29, 1.82) is 0 Å². The molecule has 0 bridgehead atoms. The van der Waals surface area contributed by atoms with Crippen molar-refractivity contribution in [3.63, 3.8) is 0 Å². The first-order chi connectivity index (χ1) is 16.6. The summed E-state index contributed by atoms with van der Waals surface area (Å²) >= 11 is 1.55. The molecule has 1 aliphatic rings. The highest BCUT2D eigenvalue weighted by molar-refractivity contribution is 7.14. The van der Waals surface area contributed by atoms with Gasteiger partial charge in [-0.3, -0.25) is 4.79 Å². The molecule has 2 aromatic heterocycles. The molecule has 0 radical (unpaired) electrons. The van der Waals surface area contributed by atoms with Crippen LogP contribution in [0.4, 0.5) is 0 Å². The molecule has 34 heavy (non-hydrogen) atoms. The minimum atomic E-state index is -0.658. The third kappa shape index (κ3) is 4.03. The lowest BCUT2D eigenvalue weighted by Crippen LogP contribution is -2.39. The monoisotopic (exact) mass is 477 g/mol. The molecular formula is C25H23N3O5S. The van der Waals surface area contributed by atoms with Crippen LogP contribution in [-0.4, -0.2) is 48.3 Å². The molecule has 1 fully saturated rings. The lowest BCUT2D eigenvalue weighted by Gasteiger charge is -2.30. The summed E-state index contributed by atoms with van der Waals surface area (Å²) in [5.74, 6) is 1.11. The zero-order chi connectivity index (χ0) is 23.7. The Morgan fingerprint density at radius 2 is 1.76 bits per heavy atom. The Morgan fingerprint density at radius 1 is 1.03 bits per heavy atom. The van der Waals surface area contributed by atoms with Crippen LogP contribution >= 0.6 is 11.3 Å². The van der Waals surface area contributed by atoms with Crippen molar-refractivity contribution in [3.8, 4) is 22.1 Å². The molecular weight excluding hydrogens is 454 g/mol. The molecule has 0 atom stereocenters. The largest absolute Gasteiger partial charge is 0.496 e. The number of nitrogens with zero attached hydrogens (tertiary/aromatic N) is 3. The van der Waals surface area contributed by atoms with E-state index in [1.807, 2.05) is 24.3 Å². The number of aromatic nitrogens is 2. The van der Waals surface area contributed by atoms with E-state index in [4.69, 9.17) is 13.9 Å². The van der Waals surface area contributed by atoms with Crippen molar-refractivity contribution in [2.24, 2.45) is 0 Å². The smallest absolute Gasteiger partial charge is 0.349 e. The fourth-order valence-corrected chi connectivity index (χ4v) is 5.30. The molecule has 0 spiro atoms. The number of carbonyl (C=O) groups is 1. The highest BCUT2D eigenvalue weighted by Crippen LogP contribution is 2.37. The Morgan fingerprint density at radius 3 is 2.53 bits per heavy atom. The number of piperidine rings is 1. The predicted octanol–water partition coefficient (Wildman–Crippen LogP) is 4.35. The van der Waals surface area contributed by atoms with Crippen LogP contribution in [0.25, 0.3) is 21.5 Å². The Bertz CT molecular complexity index is 1410. The van der Waals surface area contributed by atoms with Gasteiger partial charge in [0.15, 0.2) is 16.3 Å². The number of methoxy groups -OCH3 is 2. The maximum atomic E-state index is 13.1. The molecule has 8 nitrogen and oxygen atoms in total. The summed E-state index contributed by atoms with van der Waals surface area (Å²) < 4.78 is 16.1. The van der Waals surface area contributed by atoms with E-state index in [0.29, 0.717) is 29.8 Å². The SMILES string of the molecule is COc1ccccc1-c1nnc(C2CCN(C(=O)c3cc4cccc(OC)c4oc3=O)CC2)s1. The van der Waals surface area contributed by atoms with Gasteiger partial charge >= 0.3 is 5.63 Å². The fraction of sp³-hybridized carbons (Fsp3) is 0.280. The van der Waals surface area contributed by atoms with Gasteiger partial charge in [0.25, 0.3) is 5.91 Å². The van der Waals surface area contributed by atoms with E-state index in [1.165, 1.54) is 7.11 Å². The van der Waals surface area contributed by atoms with Gasteiger partial charge in [-0.15, -0.1) is 10.2 Å². The van der Waals surface area contributed by atoms with Crippen LogP contribution in [-0.2, 0) is 0 Å². The Balaban J connectivity index is 1.30. The van der Waals surface area contributed by atoms with Crippen LogP contribution in [0.2, 0.25) is 0 Å². The molecule has 3 heterocycles. The maximum absolute atomic E-state index is 13.1. The Hall–Kier alpha value is -3.72. The number of para-hydroxylation sites is 2. The van der Waals surface area contributed by atoms with Gasteiger partial charge in [-0.05, 0) is 37.1 Å². The number of likely N-dealkylation sites (tertiary alicyclic amines) is 1. The average molecular weight is 478 g/mol. The third-order valence-corrected chi connectivity index (χ3v) is 7.20. The van der Waals surface area contributed by atoms with Crippen molar-refractivity contribution in [2.45, 2.75) is 18.8 Å². The van der Waals surface area contributed by atoms with Gasteiger partial charge in [-0.2, -0.15) is 0 Å². The second-order valence-electron chi connectivity index (χ2n) is 8.04. The van der Waals surface area contributed by atoms with E-state index >= 15 is 0 Å². The molecule has 5 rings (SSSR count). The van der Waals surface area contributed by atoms with E-state index in [1.54, 1.807) is 47.6 Å². The van der Waals surface area contributed by atoms with Crippen molar-refractivity contribution in [1.82, 2.24) is 15.1 Å². The first-order valence-corrected chi connectivity index (χ1v) is 11.8. The molecule has 0 saturated carbocycles. The quantitative estimate of drug-likeness (QED) is 0.395. The van der Waals surface area contributed by atoms with Gasteiger partial charge < -0.3 is 18.8 Å². The normalized spacial score (nSPS) is 14.4. The van der Waals surface area contributed by atoms with Gasteiger partial charge in [0.2, 0.25) is 0 Å². The lowest BCUT2D eigenvalue weighted by molar-refractivity contribution is 0.0708. The Labute approximate surface area is 199 Å². The first-order valence-electron chi connectivity index (χ1n) is 11.0. The van der Waals surface area contributed by atoms with E-state index in [0.717, 1.165) is 34.2 Å². The Kier molecular flexibility index (Phi) is 6.02. The van der Waals surface area contributed by atoms with E-state index < -0.39 is 5.63 Å². The maximum Gasteiger partial charge on any atom is 0.349 e. The second kappa shape index (κ2) is 9.26. The highest BCUT2D eigenvalue weighted by Gasteiger charge is 2.29. The van der Waals surface area contributed by atoms with E-state index in [-0.39, 0.29) is 17.4 Å². The van der Waals surface area contributed by atoms with Crippen LogP contribution in [0.5, 0.6) is 11.5 Å². The third-order valence-electron chi connectivity index (χ3n) is 6.08. The zero-order valence-electron chi connectivity index (χ0n) is 18.8. The minimum Gasteiger partial charge on any atom is -0.496 e. The molecule has 0 aliphatic carbocycles. The summed E-state index contributed by atoms with van der Waals surface area (Å²) in [7, 11) is 3.15. The lowest BCUT2D eigenvalue weighted by atomic mass is 9.97. The molecule has 2 aromatic carbocycles. The van der Waals surface area contributed by atoms with Gasteiger partial charge in [0.05, 0.1) is 19.8 Å². The van der Waals surface area contributed by atoms with Gasteiger partial charge in [-0.25, -0.2) is 4.79 Å². The molecule has 1 saturated heterocycles. The molecule has 1 aliphatic heterocycles. The number of amides is 1. The van der Waals surface area contributed by atoms with Crippen molar-refractivity contribution in [3.05, 3.63) is 69.5 Å². The zero-order valence-corrected chi connectivity index (χ0v) is 19.6. The van der Waals surface area contributed by atoms with Crippen LogP contribution in [0.1, 0.15) is 34.1 Å². The summed E-state index contributed by atoms with van der Waals surface area (Å²) in [5.41, 5.74) is 0.636. The minimum absolute atomic E-state index is 0.0357. The van der Waals surface area contributed by atoms with Crippen LogP contribution in [0.15, 0.2) is 57.7 Å². The number of hydrogen-bond acceptors (Lipinski definition) is 8. The number of benzene rings is 2. The summed E-state index contributed by atoms with van der Waals surface area (Å²) in [4.78, 5) is 27.4. The standard InChI is InChI=1S/C25H23N3O5S/c1-31-19-8-4-3-7-17(19)23-27-26-22(34-23)15-10-12-28(13-11-15)24(29)18-14-16-6-5-9-20(32-2)21(16)33-25(18)30/h3-9,14-15H,10-13H2,1-2H3. The van der Waals surface area contributed by atoms with Crippen molar-refractivity contribution >= 4 is 28.2 Å². The molecule has 4 aromatic rings. The molecule has 0 N–H and O–H groups in total. The predicted molar refractivity (Wildman–Crippen MR) is 129 cm³/mol. The summed E-state index contributed by atoms with van der Waals surface area (Å²) in [6, 6.07) is 14.6. The number of rotatable bonds is 5. The van der Waals surface area contributed by atoms with Crippen molar-refractivity contribution in [2.75, 3.05) is 27.3 Å². The van der Waals surface area contributed by atoms with Gasteiger partial charge in [0, 0.05) is 24.4 Å². The fourth-order valence-electron chi connectivity index (χ4n) is 4.26. The van der Waals surface area contributed by atoms with E-state index in [2.05, 4.69) is 10.2 Å². The van der Waals surface area contributed by atoms with E-state index in [9.17, 15) is 9.59 Å². The number of hydrogen-bond donors (Lipinski definition) is 0. The average Bonchev–Trinajstić information content (AvgIpc) is 3.38. The summed E-state index contributed by atoms with van der Waals surface area (Å²) in [6.07, 6.45) is 1.50. The summed E-state index contributed by atoms with van der Waals surface area (Å²) in [5, 5.41) is 11.2. The highest BCUT2D eigenvalue weighted by atomic mass is 32.1. The summed E-state index contributed by atoms with van der Waals surface area (Å²) in [6.45, 7) is 1.06. The van der Waals surface area contributed by atoms with Gasteiger partial charge in [-0.1, -0.05) is 35.6 Å². The number of ether oxygens (including phenoxy) is 2. The second-order valence-corrected chi connectivity index (χ2v) is 9.05. The van der Waals surface area contributed by atoms with Crippen LogP contribution in [0.3, 0.4) is 0 Å². The first kappa shape index (κ1) is 22.1. The van der Waals surface area contributed by atoms with Crippen molar-refractivity contribution < 1.29 is 18.7 Å². The number of fused-ring (bicyclic) bond motifs is 1.